The van der Waals surface area contributed by atoms with E-state index in [9.17, 15) is 4.79 Å². The molecule has 90 valence electrons. The fourth-order valence-corrected chi connectivity index (χ4v) is 3.61. The Hall–Kier alpha value is -0.590. The Labute approximate surface area is 99.3 Å². The molecule has 0 bridgehead atoms. The first-order valence-electron chi connectivity index (χ1n) is 6.56. The minimum absolute atomic E-state index is 0.0729. The maximum Gasteiger partial charge on any atom is 0.143 e. The van der Waals surface area contributed by atoms with Gasteiger partial charge in [-0.15, -0.1) is 0 Å². The maximum absolute atomic E-state index is 12.4. The average Bonchev–Trinajstić information content (AvgIpc) is 2.75. The predicted molar refractivity (Wildman–Crippen MR) is 67.2 cm³/mol. The third-order valence-electron chi connectivity index (χ3n) is 4.95. The van der Waals surface area contributed by atoms with Crippen molar-refractivity contribution in [2.45, 2.75) is 53.4 Å². The molecule has 0 amide bonds. The molecule has 0 aliphatic heterocycles. The lowest BCUT2D eigenvalue weighted by atomic mass is 9.67. The van der Waals surface area contributed by atoms with Crippen molar-refractivity contribution in [1.29, 1.82) is 0 Å². The molecular weight excluding hydrogens is 196 g/mol. The maximum atomic E-state index is 12.4. The number of rotatable bonds is 1. The highest BCUT2D eigenvalue weighted by molar-refractivity contribution is 5.94. The molecule has 0 radical (unpaired) electrons. The number of hydrogen-bond donors (Lipinski definition) is 0. The molecule has 2 aliphatic rings. The van der Waals surface area contributed by atoms with Gasteiger partial charge >= 0.3 is 0 Å². The Morgan fingerprint density at radius 3 is 2.44 bits per heavy atom. The second-order valence-electron chi connectivity index (χ2n) is 6.69. The van der Waals surface area contributed by atoms with Crippen molar-refractivity contribution in [2.75, 3.05) is 0 Å². The molecule has 1 heteroatoms. The molecule has 0 N–H and O–H groups in total. The van der Waals surface area contributed by atoms with Gasteiger partial charge in [0.2, 0.25) is 0 Å². The third-order valence-corrected chi connectivity index (χ3v) is 4.95. The van der Waals surface area contributed by atoms with Gasteiger partial charge < -0.3 is 0 Å². The predicted octanol–water partition coefficient (Wildman–Crippen LogP) is 3.98. The van der Waals surface area contributed by atoms with E-state index in [-0.39, 0.29) is 10.8 Å². The molecule has 2 saturated carbocycles. The minimum atomic E-state index is -0.0729. The van der Waals surface area contributed by atoms with Crippen molar-refractivity contribution in [3.05, 3.63) is 12.2 Å². The molecule has 0 aromatic carbocycles. The molecule has 0 aromatic heterocycles. The van der Waals surface area contributed by atoms with E-state index >= 15 is 0 Å². The van der Waals surface area contributed by atoms with Crippen LogP contribution in [0.15, 0.2) is 12.2 Å². The Morgan fingerprint density at radius 1 is 1.44 bits per heavy atom. The fourth-order valence-electron chi connectivity index (χ4n) is 3.61. The summed E-state index contributed by atoms with van der Waals surface area (Å²) in [6.07, 6.45) is 4.12. The molecule has 16 heavy (non-hydrogen) atoms. The summed E-state index contributed by atoms with van der Waals surface area (Å²) in [4.78, 5) is 12.4. The van der Waals surface area contributed by atoms with E-state index in [1.165, 1.54) is 12.0 Å². The second-order valence-corrected chi connectivity index (χ2v) is 6.69. The van der Waals surface area contributed by atoms with Gasteiger partial charge in [0.25, 0.3) is 0 Å². The molecule has 0 heterocycles. The van der Waals surface area contributed by atoms with Crippen LogP contribution in [-0.2, 0) is 4.79 Å². The summed E-state index contributed by atoms with van der Waals surface area (Å²) in [5.74, 6) is 1.55. The van der Waals surface area contributed by atoms with Gasteiger partial charge in [-0.2, -0.15) is 0 Å². The van der Waals surface area contributed by atoms with Gasteiger partial charge in [-0.05, 0) is 36.5 Å². The van der Waals surface area contributed by atoms with Gasteiger partial charge in [0.1, 0.15) is 5.78 Å². The smallest absolute Gasteiger partial charge is 0.143 e. The number of carbonyl (C=O) groups is 1. The van der Waals surface area contributed by atoms with Crippen LogP contribution in [0.2, 0.25) is 0 Å². The summed E-state index contributed by atoms with van der Waals surface area (Å²) >= 11 is 0. The zero-order valence-electron chi connectivity index (χ0n) is 11.1. The molecule has 2 unspecified atom stereocenters. The summed E-state index contributed by atoms with van der Waals surface area (Å²) in [5, 5.41) is 0. The molecule has 2 rings (SSSR count). The van der Waals surface area contributed by atoms with E-state index in [1.54, 1.807) is 0 Å². The van der Waals surface area contributed by atoms with Crippen molar-refractivity contribution in [3.8, 4) is 0 Å². The lowest BCUT2D eigenvalue weighted by Crippen LogP contribution is -2.34. The summed E-state index contributed by atoms with van der Waals surface area (Å²) in [6, 6.07) is 0. The van der Waals surface area contributed by atoms with Crippen LogP contribution in [-0.4, -0.2) is 5.78 Å². The Balaban J connectivity index is 2.11. The minimum Gasteiger partial charge on any atom is -0.299 e. The van der Waals surface area contributed by atoms with E-state index in [4.69, 9.17) is 0 Å². The molecule has 1 spiro atoms. The quantitative estimate of drug-likeness (QED) is 0.611. The lowest BCUT2D eigenvalue weighted by Gasteiger charge is -2.36. The van der Waals surface area contributed by atoms with E-state index in [1.807, 2.05) is 0 Å². The highest BCUT2D eigenvalue weighted by atomic mass is 16.1. The number of allylic oxidation sites excluding steroid dienone is 1. The highest BCUT2D eigenvalue weighted by Crippen LogP contribution is 2.66. The number of Topliss-reactive ketones (excluding diaryl/α,β-unsaturated/α-hetero) is 1. The van der Waals surface area contributed by atoms with E-state index < -0.39 is 0 Å². The SMILES string of the molecule is C=C1C(CC)[C@@]12CCC(C(C)(C)C)CC2=O. The number of hydrogen-bond acceptors (Lipinski definition) is 1. The van der Waals surface area contributed by atoms with Gasteiger partial charge in [0, 0.05) is 6.42 Å². The Kier molecular flexibility index (Phi) is 2.56. The molecule has 0 aromatic rings. The summed E-state index contributed by atoms with van der Waals surface area (Å²) < 4.78 is 0. The van der Waals surface area contributed by atoms with Crippen LogP contribution in [0.3, 0.4) is 0 Å². The molecule has 2 aliphatic carbocycles. The van der Waals surface area contributed by atoms with Crippen molar-refractivity contribution in [1.82, 2.24) is 0 Å². The zero-order chi connectivity index (χ0) is 12.1. The van der Waals surface area contributed by atoms with Crippen LogP contribution < -0.4 is 0 Å². The van der Waals surface area contributed by atoms with E-state index in [0.29, 0.717) is 17.6 Å². The number of ketones is 1. The highest BCUT2D eigenvalue weighted by Gasteiger charge is 2.63. The van der Waals surface area contributed by atoms with Gasteiger partial charge in [0.05, 0.1) is 5.41 Å². The summed E-state index contributed by atoms with van der Waals surface area (Å²) in [6.45, 7) is 13.0. The van der Waals surface area contributed by atoms with Gasteiger partial charge in [0.15, 0.2) is 0 Å². The molecule has 0 saturated heterocycles. The second kappa shape index (κ2) is 3.45. The van der Waals surface area contributed by atoms with E-state index in [2.05, 4.69) is 34.3 Å². The van der Waals surface area contributed by atoms with E-state index in [0.717, 1.165) is 19.3 Å². The van der Waals surface area contributed by atoms with Crippen LogP contribution in [0, 0.1) is 22.7 Å². The first-order valence-corrected chi connectivity index (χ1v) is 6.56. The van der Waals surface area contributed by atoms with Crippen LogP contribution >= 0.6 is 0 Å². The normalized spacial score (nSPS) is 39.2. The van der Waals surface area contributed by atoms with Crippen molar-refractivity contribution in [3.63, 3.8) is 0 Å². The summed E-state index contributed by atoms with van der Waals surface area (Å²) in [7, 11) is 0. The van der Waals surface area contributed by atoms with Gasteiger partial charge in [-0.3, -0.25) is 4.79 Å². The molecule has 2 fully saturated rings. The van der Waals surface area contributed by atoms with Crippen LogP contribution in [0.4, 0.5) is 0 Å². The van der Waals surface area contributed by atoms with Crippen molar-refractivity contribution in [2.24, 2.45) is 22.7 Å². The first kappa shape index (κ1) is 11.9. The standard InChI is InChI=1S/C15H24O/c1-6-12-10(2)15(12)8-7-11(9-13(15)16)14(3,4)5/h11-12H,2,6-9H2,1,3-5H3/t11?,12?,15-/m1/s1. The van der Waals surface area contributed by atoms with Crippen LogP contribution in [0.5, 0.6) is 0 Å². The van der Waals surface area contributed by atoms with Crippen LogP contribution in [0.25, 0.3) is 0 Å². The first-order chi connectivity index (χ1) is 7.34. The van der Waals surface area contributed by atoms with Crippen LogP contribution in [0.1, 0.15) is 53.4 Å². The fraction of sp³-hybridized carbons (Fsp3) is 0.800. The number of carbonyl (C=O) groups excluding carboxylic acids is 1. The largest absolute Gasteiger partial charge is 0.299 e. The molecule has 1 nitrogen and oxygen atoms in total. The molecular formula is C15H24O. The Bertz CT molecular complexity index is 334. The third kappa shape index (κ3) is 1.48. The topological polar surface area (TPSA) is 17.1 Å². The van der Waals surface area contributed by atoms with Crippen molar-refractivity contribution < 1.29 is 4.79 Å². The Morgan fingerprint density at radius 2 is 2.06 bits per heavy atom. The zero-order valence-corrected chi connectivity index (χ0v) is 11.1. The van der Waals surface area contributed by atoms with Crippen molar-refractivity contribution >= 4 is 5.78 Å². The molecule has 3 atom stereocenters. The van der Waals surface area contributed by atoms with Gasteiger partial charge in [-0.25, -0.2) is 0 Å². The summed E-state index contributed by atoms with van der Waals surface area (Å²) in [5.41, 5.74) is 1.43. The van der Waals surface area contributed by atoms with Gasteiger partial charge in [-0.1, -0.05) is 39.8 Å². The lowest BCUT2D eigenvalue weighted by molar-refractivity contribution is -0.129. The monoisotopic (exact) mass is 220 g/mol. The average molecular weight is 220 g/mol.